The summed E-state index contributed by atoms with van der Waals surface area (Å²) >= 11 is 0. The van der Waals surface area contributed by atoms with E-state index in [1.165, 1.54) is 32.1 Å². The van der Waals surface area contributed by atoms with Gasteiger partial charge < -0.3 is 10.6 Å². The second-order valence-corrected chi connectivity index (χ2v) is 7.72. The monoisotopic (exact) mass is 264 g/mol. The van der Waals surface area contributed by atoms with Crippen molar-refractivity contribution in [3.8, 4) is 0 Å². The molecule has 0 saturated heterocycles. The molecule has 0 aromatic heterocycles. The number of carbonyl (C=O) groups excluding carboxylic acids is 1. The molecule has 0 spiro atoms. The SMILES string of the molecule is CCC(=O)NC12CC3CC(C1)CC(NC(C)C)(C3)C2. The first-order chi connectivity index (χ1) is 8.94. The Morgan fingerprint density at radius 2 is 1.74 bits per heavy atom. The third kappa shape index (κ3) is 2.42. The maximum atomic E-state index is 11.9. The van der Waals surface area contributed by atoms with Gasteiger partial charge in [-0.2, -0.15) is 0 Å². The number of hydrogen-bond donors (Lipinski definition) is 2. The molecule has 4 aliphatic rings. The molecule has 2 atom stereocenters. The molecule has 108 valence electrons. The first kappa shape index (κ1) is 13.4. The van der Waals surface area contributed by atoms with Crippen molar-refractivity contribution in [1.82, 2.24) is 10.6 Å². The highest BCUT2D eigenvalue weighted by Crippen LogP contribution is 2.57. The van der Waals surface area contributed by atoms with Crippen LogP contribution < -0.4 is 10.6 Å². The number of carbonyl (C=O) groups is 1. The van der Waals surface area contributed by atoms with Crippen molar-refractivity contribution in [2.45, 2.75) is 82.8 Å². The number of hydrogen-bond acceptors (Lipinski definition) is 2. The summed E-state index contributed by atoms with van der Waals surface area (Å²) in [6, 6.07) is 0.537. The minimum atomic E-state index is 0.110. The maximum Gasteiger partial charge on any atom is 0.220 e. The zero-order valence-corrected chi connectivity index (χ0v) is 12.6. The van der Waals surface area contributed by atoms with Crippen LogP contribution in [-0.2, 0) is 4.79 Å². The van der Waals surface area contributed by atoms with Crippen LogP contribution in [0, 0.1) is 11.8 Å². The Labute approximate surface area is 116 Å². The van der Waals surface area contributed by atoms with Gasteiger partial charge in [0.15, 0.2) is 0 Å². The number of rotatable bonds is 4. The summed E-state index contributed by atoms with van der Waals surface area (Å²) in [5.74, 6) is 1.89. The van der Waals surface area contributed by atoms with Crippen molar-refractivity contribution >= 4 is 5.91 Å². The van der Waals surface area contributed by atoms with Crippen molar-refractivity contribution in [2.75, 3.05) is 0 Å². The molecule has 4 saturated carbocycles. The van der Waals surface area contributed by atoms with E-state index in [4.69, 9.17) is 0 Å². The fourth-order valence-corrected chi connectivity index (χ4v) is 5.57. The summed E-state index contributed by atoms with van der Waals surface area (Å²) in [4.78, 5) is 11.9. The van der Waals surface area contributed by atoms with E-state index in [9.17, 15) is 4.79 Å². The fraction of sp³-hybridized carbons (Fsp3) is 0.938. The molecule has 2 N–H and O–H groups in total. The van der Waals surface area contributed by atoms with Crippen LogP contribution >= 0.6 is 0 Å². The molecule has 4 bridgehead atoms. The van der Waals surface area contributed by atoms with Gasteiger partial charge in [0.25, 0.3) is 0 Å². The molecule has 19 heavy (non-hydrogen) atoms. The van der Waals surface area contributed by atoms with Gasteiger partial charge in [-0.1, -0.05) is 20.8 Å². The third-order valence-corrected chi connectivity index (χ3v) is 5.38. The molecule has 2 unspecified atom stereocenters. The Balaban J connectivity index is 1.82. The maximum absolute atomic E-state index is 11.9. The van der Waals surface area contributed by atoms with Gasteiger partial charge in [-0.3, -0.25) is 4.79 Å². The Bertz CT molecular complexity index is 357. The average molecular weight is 264 g/mol. The molecule has 0 heterocycles. The van der Waals surface area contributed by atoms with Crippen LogP contribution in [-0.4, -0.2) is 23.0 Å². The first-order valence-corrected chi connectivity index (χ1v) is 8.03. The standard InChI is InChI=1S/C16H28N2O/c1-4-14(19)18-16-8-12-5-13(9-16)7-15(6-12,10-16)17-11(2)3/h11-13,17H,4-10H2,1-3H3,(H,18,19). The van der Waals surface area contributed by atoms with Crippen LogP contribution in [0.15, 0.2) is 0 Å². The second kappa shape index (κ2) is 4.47. The largest absolute Gasteiger partial charge is 0.351 e. The molecule has 1 amide bonds. The van der Waals surface area contributed by atoms with E-state index >= 15 is 0 Å². The topological polar surface area (TPSA) is 41.1 Å². The molecule has 0 radical (unpaired) electrons. The lowest BCUT2D eigenvalue weighted by Gasteiger charge is -2.62. The molecular weight excluding hydrogens is 236 g/mol. The average Bonchev–Trinajstić information content (AvgIpc) is 2.24. The van der Waals surface area contributed by atoms with E-state index in [2.05, 4.69) is 24.5 Å². The summed E-state index contributed by atoms with van der Waals surface area (Å²) in [5.41, 5.74) is 0.415. The lowest BCUT2D eigenvalue weighted by atomic mass is 9.49. The number of nitrogens with one attached hydrogen (secondary N) is 2. The van der Waals surface area contributed by atoms with Crippen molar-refractivity contribution in [3.05, 3.63) is 0 Å². The third-order valence-electron chi connectivity index (χ3n) is 5.38. The van der Waals surface area contributed by atoms with Gasteiger partial charge >= 0.3 is 0 Å². The second-order valence-electron chi connectivity index (χ2n) is 7.72. The highest BCUT2D eigenvalue weighted by atomic mass is 16.1. The predicted molar refractivity (Wildman–Crippen MR) is 76.8 cm³/mol. The van der Waals surface area contributed by atoms with Gasteiger partial charge in [0.2, 0.25) is 5.91 Å². The molecule has 3 heteroatoms. The predicted octanol–water partition coefficient (Wildman–Crippen LogP) is 2.60. The van der Waals surface area contributed by atoms with Crippen LogP contribution in [0.2, 0.25) is 0 Å². The Morgan fingerprint density at radius 3 is 2.26 bits per heavy atom. The summed E-state index contributed by atoms with van der Waals surface area (Å²) in [6.07, 6.45) is 8.24. The van der Waals surface area contributed by atoms with E-state index in [1.54, 1.807) is 0 Å². The first-order valence-electron chi connectivity index (χ1n) is 8.03. The van der Waals surface area contributed by atoms with E-state index in [0.717, 1.165) is 18.3 Å². The normalized spacial score (nSPS) is 43.8. The number of amides is 1. The van der Waals surface area contributed by atoms with E-state index in [-0.39, 0.29) is 11.4 Å². The molecular formula is C16H28N2O. The van der Waals surface area contributed by atoms with E-state index < -0.39 is 0 Å². The van der Waals surface area contributed by atoms with Gasteiger partial charge in [0.1, 0.15) is 0 Å². The minimum Gasteiger partial charge on any atom is -0.351 e. The summed E-state index contributed by atoms with van der Waals surface area (Å²) < 4.78 is 0. The van der Waals surface area contributed by atoms with Crippen molar-refractivity contribution in [3.63, 3.8) is 0 Å². The van der Waals surface area contributed by atoms with Gasteiger partial charge in [0, 0.05) is 23.5 Å². The molecule has 4 rings (SSSR count). The van der Waals surface area contributed by atoms with Crippen LogP contribution in [0.25, 0.3) is 0 Å². The van der Waals surface area contributed by atoms with Crippen LogP contribution in [0.1, 0.15) is 65.7 Å². The van der Waals surface area contributed by atoms with Gasteiger partial charge in [0.05, 0.1) is 0 Å². The zero-order valence-electron chi connectivity index (χ0n) is 12.6. The highest BCUT2D eigenvalue weighted by Gasteiger charge is 2.58. The molecule has 0 aromatic rings. The molecule has 0 aliphatic heterocycles. The zero-order chi connectivity index (χ0) is 13.7. The van der Waals surface area contributed by atoms with Crippen LogP contribution in [0.3, 0.4) is 0 Å². The van der Waals surface area contributed by atoms with Gasteiger partial charge in [-0.15, -0.1) is 0 Å². The van der Waals surface area contributed by atoms with Crippen LogP contribution in [0.5, 0.6) is 0 Å². The Morgan fingerprint density at radius 1 is 1.16 bits per heavy atom. The van der Waals surface area contributed by atoms with Gasteiger partial charge in [-0.05, 0) is 50.4 Å². The quantitative estimate of drug-likeness (QED) is 0.819. The Kier molecular flexibility index (Phi) is 3.16. The van der Waals surface area contributed by atoms with E-state index in [0.29, 0.717) is 18.0 Å². The van der Waals surface area contributed by atoms with Crippen molar-refractivity contribution in [2.24, 2.45) is 11.8 Å². The lowest BCUT2D eigenvalue weighted by Crippen LogP contribution is -2.69. The highest BCUT2D eigenvalue weighted by molar-refractivity contribution is 5.76. The smallest absolute Gasteiger partial charge is 0.220 e. The molecule has 4 fully saturated rings. The summed E-state index contributed by atoms with van der Waals surface area (Å²) in [5, 5.41) is 7.25. The summed E-state index contributed by atoms with van der Waals surface area (Å²) in [7, 11) is 0. The van der Waals surface area contributed by atoms with E-state index in [1.807, 2.05) is 6.92 Å². The van der Waals surface area contributed by atoms with Crippen molar-refractivity contribution < 1.29 is 4.79 Å². The molecule has 0 aromatic carbocycles. The van der Waals surface area contributed by atoms with Gasteiger partial charge in [-0.25, -0.2) is 0 Å². The van der Waals surface area contributed by atoms with Crippen LogP contribution in [0.4, 0.5) is 0 Å². The molecule has 3 nitrogen and oxygen atoms in total. The lowest BCUT2D eigenvalue weighted by molar-refractivity contribution is -0.128. The fourth-order valence-electron chi connectivity index (χ4n) is 5.57. The molecule has 4 aliphatic carbocycles. The minimum absolute atomic E-state index is 0.110. The Hall–Kier alpha value is -0.570. The summed E-state index contributed by atoms with van der Waals surface area (Å²) in [6.45, 7) is 6.45. The van der Waals surface area contributed by atoms with Crippen molar-refractivity contribution in [1.29, 1.82) is 0 Å².